The smallest absolute Gasteiger partial charge is 0.263 e. The lowest BCUT2D eigenvalue weighted by molar-refractivity contribution is 0.151. The quantitative estimate of drug-likeness (QED) is 0.794. The molecule has 1 aromatic carbocycles. The van der Waals surface area contributed by atoms with Crippen molar-refractivity contribution in [1.82, 2.24) is 0 Å². The number of rotatable bonds is 3. The van der Waals surface area contributed by atoms with Crippen LogP contribution in [-0.2, 0) is 6.54 Å². The van der Waals surface area contributed by atoms with Crippen LogP contribution in [0.4, 0.5) is 8.78 Å². The average Bonchev–Trinajstić information content (AvgIpc) is 2.16. The molecule has 0 amide bonds. The van der Waals surface area contributed by atoms with Gasteiger partial charge in [-0.1, -0.05) is 19.9 Å². The summed E-state index contributed by atoms with van der Waals surface area (Å²) in [6.07, 6.45) is -2.42. The van der Waals surface area contributed by atoms with E-state index in [0.29, 0.717) is 6.54 Å². The predicted molar refractivity (Wildman–Crippen MR) is 53.4 cm³/mol. The van der Waals surface area contributed by atoms with Crippen molar-refractivity contribution in [2.45, 2.75) is 32.7 Å². The lowest BCUT2D eigenvalue weighted by Crippen LogP contribution is -2.00. The molecular formula is C11H15F2N. The van der Waals surface area contributed by atoms with Gasteiger partial charge in [-0.15, -0.1) is 0 Å². The Morgan fingerprint density at radius 1 is 1.14 bits per heavy atom. The molecule has 1 aromatic rings. The fourth-order valence-corrected chi connectivity index (χ4v) is 1.32. The molecule has 1 rings (SSSR count). The third-order valence-electron chi connectivity index (χ3n) is 2.19. The second kappa shape index (κ2) is 4.51. The molecule has 14 heavy (non-hydrogen) atoms. The van der Waals surface area contributed by atoms with Crippen LogP contribution in [0.2, 0.25) is 0 Å². The third kappa shape index (κ3) is 2.51. The molecule has 0 fully saturated rings. The van der Waals surface area contributed by atoms with E-state index in [2.05, 4.69) is 0 Å². The minimum atomic E-state index is -2.42. The van der Waals surface area contributed by atoms with Crippen LogP contribution < -0.4 is 5.73 Å². The Balaban J connectivity index is 3.13. The molecule has 0 atom stereocenters. The standard InChI is InChI=1S/C11H15F2N/c1-7(2)9-3-8(6-14)4-10(5-9)11(12)13/h3-5,7,11H,6,14H2,1-2H3. The second-order valence-corrected chi connectivity index (χ2v) is 3.67. The Kier molecular flexibility index (Phi) is 3.58. The lowest BCUT2D eigenvalue weighted by atomic mass is 9.98. The zero-order valence-electron chi connectivity index (χ0n) is 8.43. The fourth-order valence-electron chi connectivity index (χ4n) is 1.32. The Bertz CT molecular complexity index is 282. The Morgan fingerprint density at radius 3 is 2.14 bits per heavy atom. The van der Waals surface area contributed by atoms with E-state index in [9.17, 15) is 8.78 Å². The molecule has 0 aliphatic heterocycles. The Hall–Kier alpha value is -0.960. The highest BCUT2D eigenvalue weighted by molar-refractivity contribution is 5.32. The van der Waals surface area contributed by atoms with Crippen molar-refractivity contribution >= 4 is 0 Å². The Labute approximate surface area is 82.9 Å². The summed E-state index contributed by atoms with van der Waals surface area (Å²) in [6, 6.07) is 4.90. The molecule has 0 saturated carbocycles. The predicted octanol–water partition coefficient (Wildman–Crippen LogP) is 3.21. The van der Waals surface area contributed by atoms with E-state index in [-0.39, 0.29) is 11.5 Å². The largest absolute Gasteiger partial charge is 0.326 e. The molecule has 1 nitrogen and oxygen atoms in total. The summed E-state index contributed by atoms with van der Waals surface area (Å²) in [7, 11) is 0. The zero-order chi connectivity index (χ0) is 10.7. The molecule has 0 aliphatic carbocycles. The molecule has 3 heteroatoms. The molecule has 2 N–H and O–H groups in total. The highest BCUT2D eigenvalue weighted by Crippen LogP contribution is 2.25. The van der Waals surface area contributed by atoms with E-state index in [1.807, 2.05) is 19.9 Å². The summed E-state index contributed by atoms with van der Waals surface area (Å²) >= 11 is 0. The zero-order valence-corrected chi connectivity index (χ0v) is 8.43. The van der Waals surface area contributed by atoms with E-state index in [0.717, 1.165) is 11.1 Å². The first-order chi connectivity index (χ1) is 6.54. The third-order valence-corrected chi connectivity index (χ3v) is 2.19. The van der Waals surface area contributed by atoms with Gasteiger partial charge in [-0.05, 0) is 29.2 Å². The molecule has 0 spiro atoms. The molecular weight excluding hydrogens is 184 g/mol. The van der Waals surface area contributed by atoms with Gasteiger partial charge in [0.1, 0.15) is 0 Å². The van der Waals surface area contributed by atoms with Gasteiger partial charge in [0, 0.05) is 12.1 Å². The number of hydrogen-bond donors (Lipinski definition) is 1. The number of alkyl halides is 2. The van der Waals surface area contributed by atoms with E-state index in [1.54, 1.807) is 6.07 Å². The van der Waals surface area contributed by atoms with Gasteiger partial charge in [0.2, 0.25) is 0 Å². The van der Waals surface area contributed by atoms with Crippen LogP contribution in [0.1, 0.15) is 42.9 Å². The monoisotopic (exact) mass is 199 g/mol. The molecule has 78 valence electrons. The lowest BCUT2D eigenvalue weighted by Gasteiger charge is -2.10. The van der Waals surface area contributed by atoms with Crippen LogP contribution in [-0.4, -0.2) is 0 Å². The van der Waals surface area contributed by atoms with Crippen molar-refractivity contribution in [3.8, 4) is 0 Å². The molecule has 0 heterocycles. The van der Waals surface area contributed by atoms with E-state index in [1.165, 1.54) is 6.07 Å². The SMILES string of the molecule is CC(C)c1cc(CN)cc(C(F)F)c1. The summed E-state index contributed by atoms with van der Waals surface area (Å²) in [5.74, 6) is 0.249. The number of benzene rings is 1. The molecule has 0 saturated heterocycles. The number of hydrogen-bond acceptors (Lipinski definition) is 1. The normalized spacial score (nSPS) is 11.4. The van der Waals surface area contributed by atoms with Gasteiger partial charge in [0.25, 0.3) is 6.43 Å². The highest BCUT2D eigenvalue weighted by Gasteiger charge is 2.10. The molecule has 0 bridgehead atoms. The topological polar surface area (TPSA) is 26.0 Å². The minimum Gasteiger partial charge on any atom is -0.326 e. The van der Waals surface area contributed by atoms with Crippen molar-refractivity contribution in [2.24, 2.45) is 5.73 Å². The first-order valence-electron chi connectivity index (χ1n) is 4.66. The van der Waals surface area contributed by atoms with Gasteiger partial charge in [-0.25, -0.2) is 8.78 Å². The first kappa shape index (κ1) is 11.1. The highest BCUT2D eigenvalue weighted by atomic mass is 19.3. The maximum absolute atomic E-state index is 12.5. The second-order valence-electron chi connectivity index (χ2n) is 3.67. The fraction of sp³-hybridized carbons (Fsp3) is 0.455. The molecule has 0 radical (unpaired) electrons. The number of nitrogens with two attached hydrogens (primary N) is 1. The van der Waals surface area contributed by atoms with Gasteiger partial charge in [0.15, 0.2) is 0 Å². The van der Waals surface area contributed by atoms with Gasteiger partial charge >= 0.3 is 0 Å². The summed E-state index contributed by atoms with van der Waals surface area (Å²) in [6.45, 7) is 4.26. The summed E-state index contributed by atoms with van der Waals surface area (Å²) in [5.41, 5.74) is 7.20. The van der Waals surface area contributed by atoms with Crippen LogP contribution in [0.5, 0.6) is 0 Å². The summed E-state index contributed by atoms with van der Waals surface area (Å²) < 4.78 is 25.0. The van der Waals surface area contributed by atoms with Crippen molar-refractivity contribution in [3.05, 3.63) is 34.9 Å². The summed E-state index contributed by atoms with van der Waals surface area (Å²) in [5, 5.41) is 0. The van der Waals surface area contributed by atoms with Crippen molar-refractivity contribution in [1.29, 1.82) is 0 Å². The molecule has 0 aromatic heterocycles. The van der Waals surface area contributed by atoms with E-state index >= 15 is 0 Å². The van der Waals surface area contributed by atoms with Gasteiger partial charge in [-0.3, -0.25) is 0 Å². The van der Waals surface area contributed by atoms with E-state index in [4.69, 9.17) is 5.73 Å². The van der Waals surface area contributed by atoms with Crippen LogP contribution in [0.3, 0.4) is 0 Å². The van der Waals surface area contributed by atoms with Gasteiger partial charge in [-0.2, -0.15) is 0 Å². The maximum atomic E-state index is 12.5. The van der Waals surface area contributed by atoms with Gasteiger partial charge in [0.05, 0.1) is 0 Å². The summed E-state index contributed by atoms with van der Waals surface area (Å²) in [4.78, 5) is 0. The average molecular weight is 199 g/mol. The van der Waals surface area contributed by atoms with Crippen molar-refractivity contribution in [3.63, 3.8) is 0 Å². The maximum Gasteiger partial charge on any atom is 0.263 e. The first-order valence-corrected chi connectivity index (χ1v) is 4.66. The van der Waals surface area contributed by atoms with Crippen LogP contribution >= 0.6 is 0 Å². The van der Waals surface area contributed by atoms with Crippen molar-refractivity contribution in [2.75, 3.05) is 0 Å². The van der Waals surface area contributed by atoms with Gasteiger partial charge < -0.3 is 5.73 Å². The van der Waals surface area contributed by atoms with Crippen LogP contribution in [0, 0.1) is 0 Å². The van der Waals surface area contributed by atoms with Crippen LogP contribution in [0.25, 0.3) is 0 Å². The minimum absolute atomic E-state index is 0.0663. The molecule has 0 aliphatic rings. The Morgan fingerprint density at radius 2 is 1.71 bits per heavy atom. The number of halogens is 2. The van der Waals surface area contributed by atoms with Crippen LogP contribution in [0.15, 0.2) is 18.2 Å². The van der Waals surface area contributed by atoms with Crippen molar-refractivity contribution < 1.29 is 8.78 Å². The molecule has 0 unspecified atom stereocenters. The van der Waals surface area contributed by atoms with E-state index < -0.39 is 6.43 Å².